The summed E-state index contributed by atoms with van der Waals surface area (Å²) in [6.45, 7) is -1.39. The molecule has 7 nitrogen and oxygen atoms in total. The summed E-state index contributed by atoms with van der Waals surface area (Å²) in [6.07, 6.45) is 0.538. The van der Waals surface area contributed by atoms with Crippen molar-refractivity contribution in [2.45, 2.75) is 12.2 Å². The number of aliphatic hydroxyl groups excluding tert-OH is 4. The molecule has 0 aromatic rings. The van der Waals surface area contributed by atoms with Crippen molar-refractivity contribution < 1.29 is 34.8 Å². The van der Waals surface area contributed by atoms with Crippen LogP contribution in [0.3, 0.4) is 0 Å². The standard InChI is InChI=1S/C10H14O7/c11-5-9(15)7(13)1-3-17-4-2-8(14)10(16)6-12/h1-4,9-12,15-16H,5-6H2/b3-1+,4-2+. The molecular weight excluding hydrogens is 232 g/mol. The summed E-state index contributed by atoms with van der Waals surface area (Å²) in [5.74, 6) is -1.50. The van der Waals surface area contributed by atoms with Gasteiger partial charge in [-0.1, -0.05) is 0 Å². The van der Waals surface area contributed by atoms with E-state index in [0.717, 1.165) is 24.7 Å². The van der Waals surface area contributed by atoms with Gasteiger partial charge in [0.15, 0.2) is 11.6 Å². The molecule has 2 atom stereocenters. The molecule has 2 unspecified atom stereocenters. The van der Waals surface area contributed by atoms with Crippen LogP contribution in [-0.4, -0.2) is 57.4 Å². The summed E-state index contributed by atoms with van der Waals surface area (Å²) in [4.78, 5) is 21.8. The minimum Gasteiger partial charge on any atom is -0.472 e. The van der Waals surface area contributed by atoms with E-state index in [2.05, 4.69) is 4.74 Å². The zero-order chi connectivity index (χ0) is 13.3. The Balaban J connectivity index is 3.99. The second-order valence-electron chi connectivity index (χ2n) is 2.94. The molecule has 0 aromatic heterocycles. The maximum Gasteiger partial charge on any atom is 0.189 e. The van der Waals surface area contributed by atoms with Gasteiger partial charge in [-0.15, -0.1) is 0 Å². The molecule has 0 aliphatic heterocycles. The first kappa shape index (κ1) is 15.5. The van der Waals surface area contributed by atoms with Crippen molar-refractivity contribution in [2.75, 3.05) is 13.2 Å². The number of hydrogen-bond acceptors (Lipinski definition) is 7. The number of rotatable bonds is 8. The number of aliphatic hydroxyl groups is 4. The maximum absolute atomic E-state index is 10.9. The van der Waals surface area contributed by atoms with Gasteiger partial charge in [0, 0.05) is 12.2 Å². The molecular formula is C10H14O7. The Bertz CT molecular complexity index is 278. The molecule has 0 amide bonds. The Morgan fingerprint density at radius 1 is 0.941 bits per heavy atom. The van der Waals surface area contributed by atoms with Gasteiger partial charge in [0.25, 0.3) is 0 Å². The van der Waals surface area contributed by atoms with Gasteiger partial charge >= 0.3 is 0 Å². The van der Waals surface area contributed by atoms with E-state index in [1.807, 2.05) is 0 Å². The van der Waals surface area contributed by atoms with Crippen LogP contribution >= 0.6 is 0 Å². The second-order valence-corrected chi connectivity index (χ2v) is 2.94. The van der Waals surface area contributed by atoms with E-state index in [1.54, 1.807) is 0 Å². The zero-order valence-electron chi connectivity index (χ0n) is 8.89. The number of ketones is 2. The first-order valence-corrected chi connectivity index (χ1v) is 4.67. The lowest BCUT2D eigenvalue weighted by Crippen LogP contribution is -2.22. The minimum absolute atomic E-state index is 0.694. The first-order valence-electron chi connectivity index (χ1n) is 4.67. The fourth-order valence-corrected chi connectivity index (χ4v) is 0.660. The third-order valence-corrected chi connectivity index (χ3v) is 1.62. The molecule has 0 aromatic carbocycles. The topological polar surface area (TPSA) is 124 Å². The molecule has 0 spiro atoms. The maximum atomic E-state index is 10.9. The number of carbonyl (C=O) groups excluding carboxylic acids is 2. The molecule has 96 valence electrons. The van der Waals surface area contributed by atoms with E-state index in [9.17, 15) is 9.59 Å². The van der Waals surface area contributed by atoms with Crippen LogP contribution in [0.25, 0.3) is 0 Å². The van der Waals surface area contributed by atoms with Gasteiger partial charge in [-0.2, -0.15) is 0 Å². The van der Waals surface area contributed by atoms with Gasteiger partial charge in [0.1, 0.15) is 12.2 Å². The molecule has 0 bridgehead atoms. The fourth-order valence-electron chi connectivity index (χ4n) is 0.660. The predicted molar refractivity (Wildman–Crippen MR) is 55.6 cm³/mol. The summed E-state index contributed by atoms with van der Waals surface area (Å²) in [6, 6.07) is 0. The van der Waals surface area contributed by atoms with E-state index < -0.39 is 37.0 Å². The number of hydrogen-bond donors (Lipinski definition) is 4. The number of carbonyl (C=O) groups is 2. The third kappa shape index (κ3) is 6.59. The highest BCUT2D eigenvalue weighted by molar-refractivity contribution is 5.93. The van der Waals surface area contributed by atoms with Gasteiger partial charge in [-0.05, 0) is 0 Å². The van der Waals surface area contributed by atoms with Crippen molar-refractivity contribution >= 4 is 11.6 Å². The molecule has 0 heterocycles. The van der Waals surface area contributed by atoms with Crippen LogP contribution in [0, 0.1) is 0 Å². The predicted octanol–water partition coefficient (Wildman–Crippen LogP) is -2.12. The quantitative estimate of drug-likeness (QED) is 0.285. The van der Waals surface area contributed by atoms with Gasteiger partial charge in [0.2, 0.25) is 0 Å². The van der Waals surface area contributed by atoms with Gasteiger partial charge in [-0.3, -0.25) is 9.59 Å². The molecule has 7 heteroatoms. The summed E-state index contributed by atoms with van der Waals surface area (Å²) in [7, 11) is 0. The highest BCUT2D eigenvalue weighted by Crippen LogP contribution is 1.91. The fraction of sp³-hybridized carbons (Fsp3) is 0.400. The van der Waals surface area contributed by atoms with Crippen LogP contribution in [0.1, 0.15) is 0 Å². The van der Waals surface area contributed by atoms with Gasteiger partial charge in [-0.25, -0.2) is 0 Å². The van der Waals surface area contributed by atoms with E-state index in [4.69, 9.17) is 20.4 Å². The molecule has 0 saturated heterocycles. The average Bonchev–Trinajstić information content (AvgIpc) is 2.35. The largest absolute Gasteiger partial charge is 0.472 e. The lowest BCUT2D eigenvalue weighted by atomic mass is 10.2. The SMILES string of the molecule is O=C(/C=C/O/C=C/C(=O)C(O)CO)C(O)CO. The molecule has 0 aliphatic carbocycles. The van der Waals surface area contributed by atoms with Crippen molar-refractivity contribution in [2.24, 2.45) is 0 Å². The highest BCUT2D eigenvalue weighted by atomic mass is 16.5. The van der Waals surface area contributed by atoms with Crippen molar-refractivity contribution in [1.29, 1.82) is 0 Å². The minimum atomic E-state index is -1.50. The van der Waals surface area contributed by atoms with E-state index in [0.29, 0.717) is 0 Å². The lowest BCUT2D eigenvalue weighted by Gasteiger charge is -2.00. The monoisotopic (exact) mass is 246 g/mol. The molecule has 4 N–H and O–H groups in total. The van der Waals surface area contributed by atoms with Crippen molar-refractivity contribution in [3.63, 3.8) is 0 Å². The van der Waals surface area contributed by atoms with Gasteiger partial charge < -0.3 is 25.2 Å². The molecule has 0 saturated carbocycles. The second kappa shape index (κ2) is 8.59. The molecule has 0 fully saturated rings. The van der Waals surface area contributed by atoms with Crippen molar-refractivity contribution in [1.82, 2.24) is 0 Å². The van der Waals surface area contributed by atoms with E-state index >= 15 is 0 Å². The summed E-state index contributed by atoms with van der Waals surface area (Å²) in [5, 5.41) is 34.5. The highest BCUT2D eigenvalue weighted by Gasteiger charge is 2.10. The first-order chi connectivity index (χ1) is 8.02. The Morgan fingerprint density at radius 2 is 1.29 bits per heavy atom. The van der Waals surface area contributed by atoms with E-state index in [-0.39, 0.29) is 0 Å². The molecule has 0 rings (SSSR count). The average molecular weight is 246 g/mol. The zero-order valence-corrected chi connectivity index (χ0v) is 8.89. The summed E-state index contributed by atoms with van der Waals surface area (Å²) in [5.41, 5.74) is 0. The van der Waals surface area contributed by atoms with E-state index in [1.165, 1.54) is 0 Å². The van der Waals surface area contributed by atoms with Crippen LogP contribution < -0.4 is 0 Å². The van der Waals surface area contributed by atoms with Crippen molar-refractivity contribution in [3.05, 3.63) is 24.7 Å². The Morgan fingerprint density at radius 3 is 1.59 bits per heavy atom. The lowest BCUT2D eigenvalue weighted by molar-refractivity contribution is -0.124. The Kier molecular flexibility index (Phi) is 7.82. The smallest absolute Gasteiger partial charge is 0.189 e. The summed E-state index contributed by atoms with van der Waals surface area (Å²) >= 11 is 0. The number of ether oxygens (including phenoxy) is 1. The Hall–Kier alpha value is -1.54. The molecule has 17 heavy (non-hydrogen) atoms. The van der Waals surface area contributed by atoms with Crippen LogP contribution in [0.5, 0.6) is 0 Å². The Labute approximate surface area is 97.3 Å². The molecule has 0 aliphatic rings. The molecule has 0 radical (unpaired) electrons. The normalized spacial score (nSPS) is 15.1. The van der Waals surface area contributed by atoms with Crippen molar-refractivity contribution in [3.8, 4) is 0 Å². The van der Waals surface area contributed by atoms with Crippen LogP contribution in [0.4, 0.5) is 0 Å². The van der Waals surface area contributed by atoms with Crippen LogP contribution in [-0.2, 0) is 14.3 Å². The van der Waals surface area contributed by atoms with Gasteiger partial charge in [0.05, 0.1) is 25.7 Å². The summed E-state index contributed by atoms with van der Waals surface area (Å²) < 4.78 is 4.58. The third-order valence-electron chi connectivity index (χ3n) is 1.62. The van der Waals surface area contributed by atoms with Crippen LogP contribution in [0.15, 0.2) is 24.7 Å². The van der Waals surface area contributed by atoms with Crippen LogP contribution in [0.2, 0.25) is 0 Å².